The van der Waals surface area contributed by atoms with Crippen molar-refractivity contribution in [1.29, 1.82) is 0 Å². The molecule has 0 aromatic heterocycles. The monoisotopic (exact) mass is 533 g/mol. The number of amides is 2. The molecule has 1 saturated heterocycles. The van der Waals surface area contributed by atoms with Crippen LogP contribution in [-0.2, 0) is 24.2 Å². The molecule has 3 aromatic carbocycles. The minimum atomic E-state index is -0.268. The molecule has 3 aromatic rings. The minimum absolute atomic E-state index is 0.245. The van der Waals surface area contributed by atoms with Gasteiger partial charge in [0.2, 0.25) is 0 Å². The molecule has 1 fully saturated rings. The number of thioether (sulfide) groups is 1. The standard InChI is InChI=1S/C30H28ClNO4S/c1-3-8-24-17-23(18-26(35-2)28(24)36-20-22-12-14-25(31)15-13-22)19-27-29(33)32(30(34)37-27)16-7-11-21-9-5-4-6-10-21/h3-6,9-10,12-15,17-19H,1,7-8,11,16,20H2,2H3/b27-19+. The average molecular weight is 534 g/mol. The fourth-order valence-electron chi connectivity index (χ4n) is 4.06. The van der Waals surface area contributed by atoms with E-state index in [4.69, 9.17) is 21.1 Å². The molecule has 1 heterocycles. The lowest BCUT2D eigenvalue weighted by atomic mass is 10.0. The van der Waals surface area contributed by atoms with Crippen molar-refractivity contribution in [3.05, 3.63) is 112 Å². The van der Waals surface area contributed by atoms with Gasteiger partial charge in [0.05, 0.1) is 12.0 Å². The Morgan fingerprint density at radius 2 is 1.78 bits per heavy atom. The molecule has 1 aliphatic heterocycles. The number of ether oxygens (including phenoxy) is 2. The van der Waals surface area contributed by atoms with Gasteiger partial charge in [-0.05, 0) is 78.1 Å². The first-order chi connectivity index (χ1) is 18.0. The third-order valence-corrected chi connectivity index (χ3v) is 7.06. The molecule has 1 aliphatic rings. The minimum Gasteiger partial charge on any atom is -0.493 e. The van der Waals surface area contributed by atoms with Crippen LogP contribution in [0, 0.1) is 0 Å². The predicted octanol–water partition coefficient (Wildman–Crippen LogP) is 7.33. The number of methoxy groups -OCH3 is 1. The lowest BCUT2D eigenvalue weighted by Crippen LogP contribution is -2.29. The van der Waals surface area contributed by atoms with Crippen LogP contribution in [0.1, 0.15) is 28.7 Å². The van der Waals surface area contributed by atoms with E-state index in [1.807, 2.05) is 66.7 Å². The molecule has 4 rings (SSSR count). The zero-order valence-electron chi connectivity index (χ0n) is 20.6. The van der Waals surface area contributed by atoms with Gasteiger partial charge in [0.25, 0.3) is 11.1 Å². The normalized spacial score (nSPS) is 14.3. The molecular weight excluding hydrogens is 506 g/mol. The number of imide groups is 1. The second kappa shape index (κ2) is 12.7. The van der Waals surface area contributed by atoms with Crippen LogP contribution in [-0.4, -0.2) is 29.7 Å². The number of benzene rings is 3. The molecule has 0 atom stereocenters. The third-order valence-electron chi connectivity index (χ3n) is 5.90. The summed E-state index contributed by atoms with van der Waals surface area (Å²) in [6, 6.07) is 21.2. The number of hydrogen-bond acceptors (Lipinski definition) is 5. The summed E-state index contributed by atoms with van der Waals surface area (Å²) in [5, 5.41) is 0.421. The summed E-state index contributed by atoms with van der Waals surface area (Å²) in [4.78, 5) is 27.3. The van der Waals surface area contributed by atoms with Crippen LogP contribution in [0.25, 0.3) is 6.08 Å². The molecule has 190 valence electrons. The van der Waals surface area contributed by atoms with Gasteiger partial charge in [0.1, 0.15) is 6.61 Å². The van der Waals surface area contributed by atoms with Crippen LogP contribution in [0.5, 0.6) is 11.5 Å². The molecule has 0 saturated carbocycles. The summed E-state index contributed by atoms with van der Waals surface area (Å²) >= 11 is 6.95. The Kier molecular flexibility index (Phi) is 9.09. The number of allylic oxidation sites excluding steroid dienone is 1. The first kappa shape index (κ1) is 26.6. The second-order valence-electron chi connectivity index (χ2n) is 8.54. The Morgan fingerprint density at radius 3 is 2.49 bits per heavy atom. The molecule has 5 nitrogen and oxygen atoms in total. The Balaban J connectivity index is 1.50. The third kappa shape index (κ3) is 6.85. The van der Waals surface area contributed by atoms with Gasteiger partial charge in [0.15, 0.2) is 11.5 Å². The van der Waals surface area contributed by atoms with Crippen LogP contribution in [0.3, 0.4) is 0 Å². The maximum Gasteiger partial charge on any atom is 0.293 e. The fourth-order valence-corrected chi connectivity index (χ4v) is 5.05. The maximum absolute atomic E-state index is 13.0. The zero-order chi connectivity index (χ0) is 26.2. The highest BCUT2D eigenvalue weighted by molar-refractivity contribution is 8.18. The van der Waals surface area contributed by atoms with Crippen molar-refractivity contribution < 1.29 is 19.1 Å². The highest BCUT2D eigenvalue weighted by Gasteiger charge is 2.34. The van der Waals surface area contributed by atoms with Crippen molar-refractivity contribution in [2.75, 3.05) is 13.7 Å². The van der Waals surface area contributed by atoms with Crippen LogP contribution in [0.4, 0.5) is 4.79 Å². The van der Waals surface area contributed by atoms with Crippen LogP contribution < -0.4 is 9.47 Å². The molecule has 0 unspecified atom stereocenters. The summed E-state index contributed by atoms with van der Waals surface area (Å²) in [6.07, 6.45) is 5.59. The number of halogens is 1. The summed E-state index contributed by atoms with van der Waals surface area (Å²) in [6.45, 7) is 4.59. The highest BCUT2D eigenvalue weighted by atomic mass is 35.5. The van der Waals surface area contributed by atoms with Gasteiger partial charge >= 0.3 is 0 Å². The first-order valence-corrected chi connectivity index (χ1v) is 13.2. The molecule has 0 N–H and O–H groups in total. The lowest BCUT2D eigenvalue weighted by Gasteiger charge is -2.16. The van der Waals surface area contributed by atoms with Crippen molar-refractivity contribution in [1.82, 2.24) is 4.90 Å². The summed E-state index contributed by atoms with van der Waals surface area (Å²) < 4.78 is 11.8. The fraction of sp³-hybridized carbons (Fsp3) is 0.200. The number of hydrogen-bond donors (Lipinski definition) is 0. The van der Waals surface area contributed by atoms with Gasteiger partial charge in [-0.1, -0.05) is 60.1 Å². The highest BCUT2D eigenvalue weighted by Crippen LogP contribution is 2.37. The predicted molar refractivity (Wildman–Crippen MR) is 150 cm³/mol. The Hall–Kier alpha value is -3.48. The molecule has 0 bridgehead atoms. The number of nitrogens with zero attached hydrogens (tertiary/aromatic N) is 1. The number of carbonyl (C=O) groups excluding carboxylic acids is 2. The van der Waals surface area contributed by atoms with E-state index in [1.54, 1.807) is 19.3 Å². The first-order valence-electron chi connectivity index (χ1n) is 12.0. The zero-order valence-corrected chi connectivity index (χ0v) is 22.2. The van der Waals surface area contributed by atoms with Gasteiger partial charge in [-0.3, -0.25) is 14.5 Å². The van der Waals surface area contributed by atoms with Gasteiger partial charge in [-0.2, -0.15) is 0 Å². The Labute approximate surface area is 226 Å². The molecular formula is C30H28ClNO4S. The van der Waals surface area contributed by atoms with Gasteiger partial charge in [-0.15, -0.1) is 6.58 Å². The molecule has 2 amide bonds. The van der Waals surface area contributed by atoms with Crippen LogP contribution >= 0.6 is 23.4 Å². The Morgan fingerprint density at radius 1 is 1.03 bits per heavy atom. The second-order valence-corrected chi connectivity index (χ2v) is 9.97. The maximum atomic E-state index is 13.0. The molecule has 0 aliphatic carbocycles. The van der Waals surface area contributed by atoms with Gasteiger partial charge in [-0.25, -0.2) is 0 Å². The van der Waals surface area contributed by atoms with Gasteiger partial charge < -0.3 is 9.47 Å². The Bertz CT molecular complexity index is 1310. The van der Waals surface area contributed by atoms with E-state index in [1.165, 1.54) is 10.5 Å². The molecule has 0 spiro atoms. The van der Waals surface area contributed by atoms with E-state index in [0.29, 0.717) is 47.4 Å². The van der Waals surface area contributed by atoms with Crippen molar-refractivity contribution in [3.8, 4) is 11.5 Å². The van der Waals surface area contributed by atoms with Crippen molar-refractivity contribution in [2.45, 2.75) is 25.9 Å². The number of rotatable bonds is 11. The quantitative estimate of drug-likeness (QED) is 0.191. The molecule has 0 radical (unpaired) electrons. The molecule has 7 heteroatoms. The lowest BCUT2D eigenvalue weighted by molar-refractivity contribution is -0.122. The average Bonchev–Trinajstić information content (AvgIpc) is 3.17. The molecule has 37 heavy (non-hydrogen) atoms. The van der Waals surface area contributed by atoms with E-state index in [2.05, 4.69) is 6.58 Å². The van der Waals surface area contributed by atoms with Crippen LogP contribution in [0.15, 0.2) is 84.3 Å². The number of carbonyl (C=O) groups is 2. The number of aryl methyl sites for hydroxylation is 1. The largest absolute Gasteiger partial charge is 0.493 e. The van der Waals surface area contributed by atoms with E-state index in [0.717, 1.165) is 34.9 Å². The van der Waals surface area contributed by atoms with Crippen molar-refractivity contribution in [2.24, 2.45) is 0 Å². The van der Waals surface area contributed by atoms with E-state index < -0.39 is 0 Å². The summed E-state index contributed by atoms with van der Waals surface area (Å²) in [5.41, 5.74) is 3.78. The topological polar surface area (TPSA) is 55.8 Å². The van der Waals surface area contributed by atoms with E-state index in [-0.39, 0.29) is 11.1 Å². The van der Waals surface area contributed by atoms with Crippen molar-refractivity contribution in [3.63, 3.8) is 0 Å². The summed E-state index contributed by atoms with van der Waals surface area (Å²) in [7, 11) is 1.58. The van der Waals surface area contributed by atoms with Crippen LogP contribution in [0.2, 0.25) is 5.02 Å². The van der Waals surface area contributed by atoms with E-state index in [9.17, 15) is 9.59 Å². The van der Waals surface area contributed by atoms with Crippen molar-refractivity contribution >= 4 is 40.6 Å². The van der Waals surface area contributed by atoms with E-state index >= 15 is 0 Å². The van der Waals surface area contributed by atoms with Gasteiger partial charge in [0, 0.05) is 17.1 Å². The summed E-state index contributed by atoms with van der Waals surface area (Å²) in [5.74, 6) is 0.889. The smallest absolute Gasteiger partial charge is 0.293 e. The SMILES string of the molecule is C=CCc1cc(/C=C2/SC(=O)N(CCCc3ccccc3)C2=O)cc(OC)c1OCc1ccc(Cl)cc1.